The van der Waals surface area contributed by atoms with Crippen LogP contribution in [0, 0.1) is 11.8 Å². The molecule has 0 radical (unpaired) electrons. The minimum absolute atomic E-state index is 0.123. The van der Waals surface area contributed by atoms with E-state index in [0.717, 1.165) is 11.1 Å². The molecule has 2 heterocycles. The van der Waals surface area contributed by atoms with Gasteiger partial charge in [-0.3, -0.25) is 4.79 Å². The summed E-state index contributed by atoms with van der Waals surface area (Å²) in [7, 11) is 4.63. The summed E-state index contributed by atoms with van der Waals surface area (Å²) in [5, 5.41) is 11.0. The summed E-state index contributed by atoms with van der Waals surface area (Å²) in [4.78, 5) is 12.7. The maximum Gasteiger partial charge on any atom is 0.310 e. The Morgan fingerprint density at radius 1 is 0.900 bits per heavy atom. The Hall–Kier alpha value is -3.13. The van der Waals surface area contributed by atoms with Crippen molar-refractivity contribution in [3.63, 3.8) is 0 Å². The van der Waals surface area contributed by atoms with Crippen molar-refractivity contribution in [2.45, 2.75) is 12.0 Å². The zero-order valence-electron chi connectivity index (χ0n) is 16.8. The maximum absolute atomic E-state index is 12.7. The van der Waals surface area contributed by atoms with Crippen molar-refractivity contribution in [2.75, 3.05) is 34.7 Å². The van der Waals surface area contributed by atoms with E-state index in [2.05, 4.69) is 0 Å². The van der Waals surface area contributed by atoms with E-state index in [1.807, 2.05) is 18.2 Å². The quantitative estimate of drug-likeness (QED) is 0.763. The van der Waals surface area contributed by atoms with Crippen LogP contribution in [0.5, 0.6) is 28.7 Å². The highest BCUT2D eigenvalue weighted by atomic mass is 16.7. The summed E-state index contributed by atoms with van der Waals surface area (Å²) in [6, 6.07) is 7.31. The lowest BCUT2D eigenvalue weighted by Crippen LogP contribution is -2.34. The van der Waals surface area contributed by atoms with Crippen LogP contribution in [0.3, 0.4) is 0 Å². The second-order valence-electron chi connectivity index (χ2n) is 7.54. The lowest BCUT2D eigenvalue weighted by molar-refractivity contribution is -0.141. The molecule has 1 N–H and O–H groups in total. The Morgan fingerprint density at radius 3 is 2.13 bits per heavy atom. The van der Waals surface area contributed by atoms with E-state index in [1.54, 1.807) is 20.3 Å². The van der Waals surface area contributed by atoms with Crippen molar-refractivity contribution in [3.05, 3.63) is 41.0 Å². The fraction of sp³-hybridized carbons (Fsp3) is 0.409. The molecule has 2 aromatic rings. The van der Waals surface area contributed by atoms with Gasteiger partial charge in [0.05, 0.1) is 40.0 Å². The molecule has 0 saturated carbocycles. The number of methoxy groups -OCH3 is 3. The second-order valence-corrected chi connectivity index (χ2v) is 7.54. The molecule has 0 bridgehead atoms. The van der Waals surface area contributed by atoms with E-state index in [9.17, 15) is 9.90 Å². The minimum atomic E-state index is -0.843. The molecule has 4 atom stereocenters. The molecule has 8 heteroatoms. The third-order valence-corrected chi connectivity index (χ3v) is 6.19. The van der Waals surface area contributed by atoms with Crippen molar-refractivity contribution in [1.29, 1.82) is 0 Å². The molecule has 2 aromatic carbocycles. The Kier molecular flexibility index (Phi) is 4.39. The summed E-state index contributed by atoms with van der Waals surface area (Å²) < 4.78 is 32.9. The largest absolute Gasteiger partial charge is 0.493 e. The van der Waals surface area contributed by atoms with Gasteiger partial charge in [-0.15, -0.1) is 0 Å². The average molecular weight is 414 g/mol. The van der Waals surface area contributed by atoms with Crippen LogP contribution in [0.2, 0.25) is 0 Å². The number of hydrogen-bond acceptors (Lipinski definition) is 8. The molecule has 2 aliphatic heterocycles. The van der Waals surface area contributed by atoms with Crippen molar-refractivity contribution < 1.29 is 38.3 Å². The summed E-state index contributed by atoms with van der Waals surface area (Å²) in [6.07, 6.45) is -0.843. The van der Waals surface area contributed by atoms with Crippen LogP contribution in [0.4, 0.5) is 0 Å². The maximum atomic E-state index is 12.7. The first-order chi connectivity index (χ1) is 14.6. The highest BCUT2D eigenvalue weighted by Gasteiger charge is 2.52. The topological polar surface area (TPSA) is 92.7 Å². The number of hydrogen-bond donors (Lipinski definition) is 1. The molecule has 0 aromatic heterocycles. The molecule has 5 rings (SSSR count). The first-order valence-corrected chi connectivity index (χ1v) is 9.65. The van der Waals surface area contributed by atoms with Gasteiger partial charge < -0.3 is 33.5 Å². The molecule has 158 valence electrons. The van der Waals surface area contributed by atoms with Crippen molar-refractivity contribution >= 4 is 5.97 Å². The van der Waals surface area contributed by atoms with Crippen molar-refractivity contribution in [1.82, 2.24) is 0 Å². The second kappa shape index (κ2) is 6.98. The monoisotopic (exact) mass is 414 g/mol. The van der Waals surface area contributed by atoms with Gasteiger partial charge in [0, 0.05) is 11.8 Å². The lowest BCUT2D eigenvalue weighted by atomic mass is 9.66. The van der Waals surface area contributed by atoms with Gasteiger partial charge in [-0.25, -0.2) is 0 Å². The van der Waals surface area contributed by atoms with Crippen LogP contribution in [0.1, 0.15) is 28.7 Å². The molecular weight excluding hydrogens is 392 g/mol. The standard InChI is InChI=1S/C22H22O8/c1-25-16-4-10(5-17(26-2)21(16)27-3)18-11-6-14-15(30-9-29-14)7-12(11)20(23)13-8-28-22(24)19(13)18/h4-7,13,18-20,23H,8-9H2,1-3H3/t13?,18-,19+,20?/m1/s1. The van der Waals surface area contributed by atoms with Gasteiger partial charge in [0.2, 0.25) is 12.5 Å². The Morgan fingerprint density at radius 2 is 1.53 bits per heavy atom. The minimum Gasteiger partial charge on any atom is -0.493 e. The van der Waals surface area contributed by atoms with Gasteiger partial charge in [-0.05, 0) is 41.0 Å². The Bertz CT molecular complexity index is 991. The van der Waals surface area contributed by atoms with Gasteiger partial charge in [0.15, 0.2) is 23.0 Å². The fourth-order valence-electron chi connectivity index (χ4n) is 4.81. The number of aliphatic hydroxyl groups is 1. The Balaban J connectivity index is 1.74. The van der Waals surface area contributed by atoms with E-state index in [1.165, 1.54) is 7.11 Å². The number of rotatable bonds is 4. The predicted octanol–water partition coefficient (Wildman–Crippen LogP) is 2.41. The summed E-state index contributed by atoms with van der Waals surface area (Å²) >= 11 is 0. The van der Waals surface area contributed by atoms with E-state index in [0.29, 0.717) is 34.3 Å². The van der Waals surface area contributed by atoms with Crippen LogP contribution >= 0.6 is 0 Å². The third-order valence-electron chi connectivity index (χ3n) is 6.19. The SMILES string of the molecule is COc1cc([C@@H]2c3cc4c(cc3C(O)C3COC(=O)[C@@H]32)OCO4)cc(OC)c1OC. The molecule has 0 spiro atoms. The normalized spacial score (nSPS) is 25.9. The van der Waals surface area contributed by atoms with E-state index in [-0.39, 0.29) is 31.2 Å². The smallest absolute Gasteiger partial charge is 0.310 e. The molecule has 30 heavy (non-hydrogen) atoms. The summed E-state index contributed by atoms with van der Waals surface area (Å²) in [5.74, 6) is 0.989. The summed E-state index contributed by atoms with van der Waals surface area (Å²) in [6.45, 7) is 0.289. The van der Waals surface area contributed by atoms with Crippen LogP contribution in [0.15, 0.2) is 24.3 Å². The van der Waals surface area contributed by atoms with E-state index >= 15 is 0 Å². The molecule has 1 aliphatic carbocycles. The third kappa shape index (κ3) is 2.60. The number of fused-ring (bicyclic) bond motifs is 3. The first-order valence-electron chi connectivity index (χ1n) is 9.65. The highest BCUT2D eigenvalue weighted by Crippen LogP contribution is 2.55. The van der Waals surface area contributed by atoms with Gasteiger partial charge in [0.25, 0.3) is 0 Å². The van der Waals surface area contributed by atoms with Crippen LogP contribution in [-0.2, 0) is 9.53 Å². The lowest BCUT2D eigenvalue weighted by Gasteiger charge is -2.37. The number of aliphatic hydroxyl groups excluding tert-OH is 1. The number of carbonyl (C=O) groups excluding carboxylic acids is 1. The molecule has 8 nitrogen and oxygen atoms in total. The Labute approximate surface area is 173 Å². The number of esters is 1. The van der Waals surface area contributed by atoms with Crippen LogP contribution in [-0.4, -0.2) is 45.8 Å². The predicted molar refractivity (Wildman–Crippen MR) is 103 cm³/mol. The van der Waals surface area contributed by atoms with Crippen molar-refractivity contribution in [3.8, 4) is 28.7 Å². The zero-order chi connectivity index (χ0) is 21.0. The fourth-order valence-corrected chi connectivity index (χ4v) is 4.81. The summed E-state index contributed by atoms with van der Waals surface area (Å²) in [5.41, 5.74) is 2.30. The molecule has 0 amide bonds. The van der Waals surface area contributed by atoms with Gasteiger partial charge >= 0.3 is 5.97 Å². The van der Waals surface area contributed by atoms with E-state index in [4.69, 9.17) is 28.4 Å². The van der Waals surface area contributed by atoms with Gasteiger partial charge in [-0.2, -0.15) is 0 Å². The zero-order valence-corrected chi connectivity index (χ0v) is 16.8. The van der Waals surface area contributed by atoms with Crippen LogP contribution in [0.25, 0.3) is 0 Å². The number of benzene rings is 2. The van der Waals surface area contributed by atoms with E-state index < -0.39 is 12.0 Å². The average Bonchev–Trinajstić information content (AvgIpc) is 3.38. The van der Waals surface area contributed by atoms with Crippen LogP contribution < -0.4 is 23.7 Å². The molecular formula is C22H22O8. The number of ether oxygens (including phenoxy) is 6. The number of carbonyl (C=O) groups is 1. The molecule has 1 saturated heterocycles. The first kappa shape index (κ1) is 18.9. The van der Waals surface area contributed by atoms with Gasteiger partial charge in [-0.1, -0.05) is 0 Å². The molecule has 2 unspecified atom stereocenters. The van der Waals surface area contributed by atoms with Gasteiger partial charge in [0.1, 0.15) is 0 Å². The van der Waals surface area contributed by atoms with Crippen molar-refractivity contribution in [2.24, 2.45) is 11.8 Å². The molecule has 1 fully saturated rings. The number of cyclic esters (lactones) is 1. The highest BCUT2D eigenvalue weighted by molar-refractivity contribution is 5.79. The molecule has 3 aliphatic rings.